The zero-order chi connectivity index (χ0) is 15.4. The minimum Gasteiger partial charge on any atom is -0.388 e. The molecule has 0 bridgehead atoms. The maximum atomic E-state index is 10.3. The van der Waals surface area contributed by atoms with E-state index in [1.807, 2.05) is 37.0 Å². The van der Waals surface area contributed by atoms with Crippen LogP contribution in [0.3, 0.4) is 0 Å². The van der Waals surface area contributed by atoms with Gasteiger partial charge in [0.1, 0.15) is 5.82 Å². The summed E-state index contributed by atoms with van der Waals surface area (Å²) in [5.74, 6) is 1.01. The second-order valence-electron chi connectivity index (χ2n) is 5.16. The number of hydrogen-bond donors (Lipinski definition) is 1. The smallest absolute Gasteiger partial charge is 0.122 e. The fourth-order valence-corrected chi connectivity index (χ4v) is 2.94. The maximum absolute atomic E-state index is 10.3. The van der Waals surface area contributed by atoms with E-state index in [1.54, 1.807) is 12.3 Å². The molecule has 0 aliphatic rings. The monoisotopic (exact) mass is 371 g/mol. The van der Waals surface area contributed by atoms with Gasteiger partial charge in [-0.05, 0) is 31.2 Å². The van der Waals surface area contributed by atoms with Crippen molar-refractivity contribution in [2.24, 2.45) is 7.05 Å². The van der Waals surface area contributed by atoms with Crippen LogP contribution in [0, 0.1) is 0 Å². The summed E-state index contributed by atoms with van der Waals surface area (Å²) in [6.07, 6.45) is 3.79. The molecule has 0 aliphatic heterocycles. The maximum Gasteiger partial charge on any atom is 0.122 e. The molecule has 1 aromatic carbocycles. The standard InChI is InChI=1S/C15H19BrClN3O/c1-19(10-15-18-6-8-20(15)2)7-5-14(21)12-4-3-11(16)9-13(12)17/h3-4,6,8-9,14,21H,5,7,10H2,1-2H3. The van der Waals surface area contributed by atoms with Crippen molar-refractivity contribution in [2.75, 3.05) is 13.6 Å². The molecule has 0 spiro atoms. The third kappa shape index (κ3) is 4.54. The van der Waals surface area contributed by atoms with E-state index in [1.165, 1.54) is 0 Å². The lowest BCUT2D eigenvalue weighted by Crippen LogP contribution is -2.22. The van der Waals surface area contributed by atoms with Gasteiger partial charge in [-0.15, -0.1) is 0 Å². The first kappa shape index (κ1) is 16.5. The van der Waals surface area contributed by atoms with Gasteiger partial charge in [0.15, 0.2) is 0 Å². The van der Waals surface area contributed by atoms with Crippen LogP contribution >= 0.6 is 27.5 Å². The Bertz CT molecular complexity index is 602. The number of aromatic nitrogens is 2. The topological polar surface area (TPSA) is 41.3 Å². The van der Waals surface area contributed by atoms with E-state index < -0.39 is 6.10 Å². The fraction of sp³-hybridized carbons (Fsp3) is 0.400. The quantitative estimate of drug-likeness (QED) is 0.845. The number of benzene rings is 1. The van der Waals surface area contributed by atoms with Crippen LogP contribution in [0.1, 0.15) is 23.9 Å². The Morgan fingerprint density at radius 3 is 2.86 bits per heavy atom. The van der Waals surface area contributed by atoms with Gasteiger partial charge in [-0.2, -0.15) is 0 Å². The van der Waals surface area contributed by atoms with Crippen LogP contribution in [0.15, 0.2) is 35.1 Å². The highest BCUT2D eigenvalue weighted by Crippen LogP contribution is 2.28. The van der Waals surface area contributed by atoms with Crippen LogP contribution in [0.2, 0.25) is 5.02 Å². The number of imidazole rings is 1. The van der Waals surface area contributed by atoms with Crippen LogP contribution in [0.25, 0.3) is 0 Å². The van der Waals surface area contributed by atoms with E-state index in [0.29, 0.717) is 11.4 Å². The van der Waals surface area contributed by atoms with Crippen LogP contribution in [-0.2, 0) is 13.6 Å². The normalized spacial score (nSPS) is 12.9. The molecule has 1 unspecified atom stereocenters. The number of hydrogen-bond acceptors (Lipinski definition) is 3. The van der Waals surface area contributed by atoms with Crippen molar-refractivity contribution in [1.82, 2.24) is 14.5 Å². The molecule has 0 radical (unpaired) electrons. The molecule has 6 heteroatoms. The summed E-state index contributed by atoms with van der Waals surface area (Å²) in [6, 6.07) is 5.55. The molecule has 1 N–H and O–H groups in total. The van der Waals surface area contributed by atoms with Crippen LogP contribution in [0.4, 0.5) is 0 Å². The Labute approximate surface area is 138 Å². The molecule has 21 heavy (non-hydrogen) atoms. The van der Waals surface area contributed by atoms with Gasteiger partial charge in [0.2, 0.25) is 0 Å². The molecule has 1 atom stereocenters. The third-order valence-electron chi connectivity index (χ3n) is 3.44. The molecule has 4 nitrogen and oxygen atoms in total. The van der Waals surface area contributed by atoms with Gasteiger partial charge in [0.05, 0.1) is 12.6 Å². The Morgan fingerprint density at radius 2 is 2.24 bits per heavy atom. The Morgan fingerprint density at radius 1 is 1.48 bits per heavy atom. The molecule has 0 fully saturated rings. The van der Waals surface area contributed by atoms with Gasteiger partial charge in [0.25, 0.3) is 0 Å². The van der Waals surface area contributed by atoms with Gasteiger partial charge >= 0.3 is 0 Å². The minimum absolute atomic E-state index is 0.561. The van der Waals surface area contributed by atoms with E-state index in [2.05, 4.69) is 25.8 Å². The molecule has 114 valence electrons. The molecule has 0 amide bonds. The molecule has 2 aromatic rings. The van der Waals surface area contributed by atoms with Crippen molar-refractivity contribution in [3.05, 3.63) is 51.5 Å². The van der Waals surface area contributed by atoms with E-state index in [-0.39, 0.29) is 0 Å². The first-order valence-corrected chi connectivity index (χ1v) is 7.92. The number of halogens is 2. The molecule has 2 rings (SSSR count). The molecular formula is C15H19BrClN3O. The van der Waals surface area contributed by atoms with Gasteiger partial charge in [0, 0.05) is 35.5 Å². The van der Waals surface area contributed by atoms with Gasteiger partial charge in [-0.3, -0.25) is 4.90 Å². The summed E-state index contributed by atoms with van der Waals surface area (Å²) < 4.78 is 2.91. The second-order valence-corrected chi connectivity index (χ2v) is 6.49. The number of aliphatic hydroxyl groups excluding tert-OH is 1. The second kappa shape index (κ2) is 7.40. The lowest BCUT2D eigenvalue weighted by atomic mass is 10.1. The summed E-state index contributed by atoms with van der Waals surface area (Å²) in [5, 5.41) is 10.9. The van der Waals surface area contributed by atoms with Crippen molar-refractivity contribution in [3.63, 3.8) is 0 Å². The van der Waals surface area contributed by atoms with Crippen molar-refractivity contribution in [1.29, 1.82) is 0 Å². The van der Waals surface area contributed by atoms with E-state index in [4.69, 9.17) is 11.6 Å². The zero-order valence-corrected chi connectivity index (χ0v) is 14.5. The van der Waals surface area contributed by atoms with Crippen molar-refractivity contribution >= 4 is 27.5 Å². The predicted octanol–water partition coefficient (Wildman–Crippen LogP) is 3.39. The van der Waals surface area contributed by atoms with Crippen LogP contribution in [0.5, 0.6) is 0 Å². The highest BCUT2D eigenvalue weighted by molar-refractivity contribution is 9.10. The van der Waals surface area contributed by atoms with Crippen LogP contribution < -0.4 is 0 Å². The summed E-state index contributed by atoms with van der Waals surface area (Å²) in [5.41, 5.74) is 0.769. The van der Waals surface area contributed by atoms with Gasteiger partial charge in [-0.1, -0.05) is 33.6 Å². The number of aryl methyl sites for hydroxylation is 1. The van der Waals surface area contributed by atoms with Crippen molar-refractivity contribution in [3.8, 4) is 0 Å². The molecule has 1 aromatic heterocycles. The SMILES string of the molecule is CN(CCC(O)c1ccc(Br)cc1Cl)Cc1nccn1C. The number of aliphatic hydroxyl groups is 1. The molecule has 0 saturated heterocycles. The first-order valence-electron chi connectivity index (χ1n) is 6.75. The number of rotatable bonds is 6. The summed E-state index contributed by atoms with van der Waals surface area (Å²) in [7, 11) is 4.00. The highest BCUT2D eigenvalue weighted by Gasteiger charge is 2.13. The average molecular weight is 373 g/mol. The lowest BCUT2D eigenvalue weighted by Gasteiger charge is -2.19. The zero-order valence-electron chi connectivity index (χ0n) is 12.1. The predicted molar refractivity (Wildman–Crippen MR) is 88.3 cm³/mol. The summed E-state index contributed by atoms with van der Waals surface area (Å²) in [4.78, 5) is 6.43. The molecule has 0 aliphatic carbocycles. The first-order chi connectivity index (χ1) is 9.97. The van der Waals surface area contributed by atoms with E-state index in [0.717, 1.165) is 29.0 Å². The van der Waals surface area contributed by atoms with Gasteiger partial charge < -0.3 is 9.67 Å². The molecule has 0 saturated carbocycles. The van der Waals surface area contributed by atoms with Gasteiger partial charge in [-0.25, -0.2) is 4.98 Å². The Hall–Kier alpha value is -0.880. The molecular weight excluding hydrogens is 354 g/mol. The van der Waals surface area contributed by atoms with Crippen molar-refractivity contribution < 1.29 is 5.11 Å². The van der Waals surface area contributed by atoms with Crippen molar-refractivity contribution in [2.45, 2.75) is 19.1 Å². The summed E-state index contributed by atoms with van der Waals surface area (Å²) in [6.45, 7) is 1.52. The molecule has 1 heterocycles. The van der Waals surface area contributed by atoms with Crippen LogP contribution in [-0.4, -0.2) is 33.1 Å². The fourth-order valence-electron chi connectivity index (χ4n) is 2.14. The van der Waals surface area contributed by atoms with E-state index in [9.17, 15) is 5.11 Å². The average Bonchev–Trinajstić information content (AvgIpc) is 2.81. The minimum atomic E-state index is -0.561. The lowest BCUT2D eigenvalue weighted by molar-refractivity contribution is 0.147. The Balaban J connectivity index is 1.88. The third-order valence-corrected chi connectivity index (χ3v) is 4.26. The van der Waals surface area contributed by atoms with E-state index >= 15 is 0 Å². The largest absolute Gasteiger partial charge is 0.388 e. The highest BCUT2D eigenvalue weighted by atomic mass is 79.9. The summed E-state index contributed by atoms with van der Waals surface area (Å²) >= 11 is 9.52. The Kier molecular flexibility index (Phi) is 5.81. The number of nitrogens with zero attached hydrogens (tertiary/aromatic N) is 3.